The minimum atomic E-state index is -0.431. The molecule has 0 heterocycles. The van der Waals surface area contributed by atoms with Crippen molar-refractivity contribution in [1.29, 1.82) is 0 Å². The molecule has 0 radical (unpaired) electrons. The van der Waals surface area contributed by atoms with E-state index in [0.29, 0.717) is 11.5 Å². The molecule has 20 heavy (non-hydrogen) atoms. The maximum Gasteiger partial charge on any atom is 0.338 e. The SMILES string of the molecule is COC(=O)/C(=C/CO)c1ccccc1/C=C/C1CC1C. The van der Waals surface area contributed by atoms with Gasteiger partial charge in [0.15, 0.2) is 0 Å². The van der Waals surface area contributed by atoms with E-state index in [-0.39, 0.29) is 6.61 Å². The Morgan fingerprint density at radius 3 is 2.75 bits per heavy atom. The Morgan fingerprint density at radius 1 is 1.45 bits per heavy atom. The third kappa shape index (κ3) is 3.36. The molecule has 3 nitrogen and oxygen atoms in total. The summed E-state index contributed by atoms with van der Waals surface area (Å²) in [6.07, 6.45) is 6.96. The first-order chi connectivity index (χ1) is 9.67. The van der Waals surface area contributed by atoms with Crippen LogP contribution in [0.2, 0.25) is 0 Å². The van der Waals surface area contributed by atoms with Crippen molar-refractivity contribution in [1.82, 2.24) is 0 Å². The van der Waals surface area contributed by atoms with Crippen molar-refractivity contribution < 1.29 is 14.6 Å². The van der Waals surface area contributed by atoms with Crippen LogP contribution < -0.4 is 0 Å². The average molecular weight is 272 g/mol. The van der Waals surface area contributed by atoms with E-state index in [1.54, 1.807) is 0 Å². The second kappa shape index (κ2) is 6.53. The van der Waals surface area contributed by atoms with Crippen molar-refractivity contribution >= 4 is 17.6 Å². The fraction of sp³-hybridized carbons (Fsp3) is 0.353. The van der Waals surface area contributed by atoms with E-state index < -0.39 is 5.97 Å². The van der Waals surface area contributed by atoms with E-state index in [4.69, 9.17) is 9.84 Å². The van der Waals surface area contributed by atoms with E-state index in [9.17, 15) is 4.79 Å². The Morgan fingerprint density at radius 2 is 2.15 bits per heavy atom. The monoisotopic (exact) mass is 272 g/mol. The molecule has 0 saturated heterocycles. The van der Waals surface area contributed by atoms with Crippen LogP contribution in [-0.2, 0) is 9.53 Å². The standard InChI is InChI=1S/C17H20O3/c1-12-11-14(12)8-7-13-5-3-4-6-15(13)16(9-10-18)17(19)20-2/h3-9,12,14,18H,10-11H2,1-2H3/b8-7+,16-9+. The molecule has 1 fully saturated rings. The minimum absolute atomic E-state index is 0.192. The third-order valence-corrected chi connectivity index (χ3v) is 3.65. The highest BCUT2D eigenvalue weighted by molar-refractivity contribution is 6.17. The van der Waals surface area contributed by atoms with Crippen LogP contribution >= 0.6 is 0 Å². The van der Waals surface area contributed by atoms with Gasteiger partial charge in [-0.05, 0) is 35.5 Å². The summed E-state index contributed by atoms with van der Waals surface area (Å²) < 4.78 is 4.79. The fourth-order valence-electron chi connectivity index (χ4n) is 2.24. The number of allylic oxidation sites excluding steroid dienone is 1. The van der Waals surface area contributed by atoms with Crippen molar-refractivity contribution in [3.8, 4) is 0 Å². The summed E-state index contributed by atoms with van der Waals surface area (Å²) in [4.78, 5) is 11.8. The van der Waals surface area contributed by atoms with E-state index in [2.05, 4.69) is 19.1 Å². The molecule has 1 aromatic rings. The van der Waals surface area contributed by atoms with Gasteiger partial charge in [-0.25, -0.2) is 4.79 Å². The maximum atomic E-state index is 11.8. The molecule has 2 unspecified atom stereocenters. The van der Waals surface area contributed by atoms with Crippen LogP contribution in [0.4, 0.5) is 0 Å². The maximum absolute atomic E-state index is 11.8. The first-order valence-electron chi connectivity index (χ1n) is 6.84. The molecule has 1 N–H and O–H groups in total. The van der Waals surface area contributed by atoms with Crippen LogP contribution in [0.3, 0.4) is 0 Å². The van der Waals surface area contributed by atoms with Gasteiger partial charge < -0.3 is 9.84 Å². The Labute approximate surface area is 119 Å². The van der Waals surface area contributed by atoms with Gasteiger partial charge in [0.25, 0.3) is 0 Å². The quantitative estimate of drug-likeness (QED) is 0.662. The lowest BCUT2D eigenvalue weighted by Crippen LogP contribution is -2.06. The number of carbonyl (C=O) groups is 1. The van der Waals surface area contributed by atoms with Gasteiger partial charge in [0.05, 0.1) is 19.3 Å². The molecule has 106 valence electrons. The molecule has 0 aromatic heterocycles. The number of hydrogen-bond donors (Lipinski definition) is 1. The normalized spacial score (nSPS) is 22.1. The number of carbonyl (C=O) groups excluding carboxylic acids is 1. The van der Waals surface area contributed by atoms with Crippen molar-refractivity contribution in [2.45, 2.75) is 13.3 Å². The summed E-state index contributed by atoms with van der Waals surface area (Å²) in [5.41, 5.74) is 2.16. The van der Waals surface area contributed by atoms with Crippen LogP contribution in [0.1, 0.15) is 24.5 Å². The summed E-state index contributed by atoms with van der Waals surface area (Å²) in [7, 11) is 1.35. The second-order valence-electron chi connectivity index (χ2n) is 5.12. The Balaban J connectivity index is 2.32. The molecule has 2 rings (SSSR count). The third-order valence-electron chi connectivity index (χ3n) is 3.65. The number of methoxy groups -OCH3 is 1. The predicted octanol–water partition coefficient (Wildman–Crippen LogP) is 2.90. The number of aliphatic hydroxyl groups is 1. The van der Waals surface area contributed by atoms with Crippen molar-refractivity contribution in [3.63, 3.8) is 0 Å². The molecule has 0 spiro atoms. The molecule has 3 heteroatoms. The molecule has 2 atom stereocenters. The van der Waals surface area contributed by atoms with Crippen LogP contribution in [0.15, 0.2) is 36.4 Å². The predicted molar refractivity (Wildman–Crippen MR) is 79.8 cm³/mol. The van der Waals surface area contributed by atoms with Gasteiger partial charge in [-0.1, -0.05) is 43.3 Å². The summed E-state index contributed by atoms with van der Waals surface area (Å²) in [5, 5.41) is 9.09. The lowest BCUT2D eigenvalue weighted by Gasteiger charge is -2.09. The number of ether oxygens (including phenoxy) is 1. The van der Waals surface area contributed by atoms with Crippen molar-refractivity contribution in [3.05, 3.63) is 47.5 Å². The first-order valence-corrected chi connectivity index (χ1v) is 6.84. The molecular weight excluding hydrogens is 252 g/mol. The number of esters is 1. The van der Waals surface area contributed by atoms with Gasteiger partial charge in [0.1, 0.15) is 0 Å². The molecule has 1 aliphatic rings. The van der Waals surface area contributed by atoms with Gasteiger partial charge in [-0.2, -0.15) is 0 Å². The zero-order valence-corrected chi connectivity index (χ0v) is 11.9. The Bertz CT molecular complexity index is 543. The van der Waals surface area contributed by atoms with Crippen LogP contribution in [-0.4, -0.2) is 24.8 Å². The molecule has 1 aromatic carbocycles. The van der Waals surface area contributed by atoms with Gasteiger partial charge in [-0.15, -0.1) is 0 Å². The number of benzene rings is 1. The minimum Gasteiger partial charge on any atom is -0.465 e. The highest BCUT2D eigenvalue weighted by Gasteiger charge is 2.29. The van der Waals surface area contributed by atoms with Crippen LogP contribution in [0.5, 0.6) is 0 Å². The smallest absolute Gasteiger partial charge is 0.338 e. The second-order valence-corrected chi connectivity index (χ2v) is 5.12. The Hall–Kier alpha value is -1.87. The van der Waals surface area contributed by atoms with Gasteiger partial charge in [0, 0.05) is 0 Å². The van der Waals surface area contributed by atoms with E-state index in [0.717, 1.165) is 17.0 Å². The first kappa shape index (κ1) is 14.5. The highest BCUT2D eigenvalue weighted by atomic mass is 16.5. The van der Waals surface area contributed by atoms with E-state index in [1.807, 2.05) is 24.3 Å². The Kier molecular flexibility index (Phi) is 4.74. The number of hydrogen-bond acceptors (Lipinski definition) is 3. The van der Waals surface area contributed by atoms with Crippen LogP contribution in [0.25, 0.3) is 11.6 Å². The van der Waals surface area contributed by atoms with Gasteiger partial charge in [-0.3, -0.25) is 0 Å². The molecule has 1 saturated carbocycles. The molecule has 0 bridgehead atoms. The number of rotatable bonds is 5. The van der Waals surface area contributed by atoms with Gasteiger partial charge in [0.2, 0.25) is 0 Å². The zero-order valence-electron chi connectivity index (χ0n) is 11.9. The van der Waals surface area contributed by atoms with Crippen molar-refractivity contribution in [2.75, 3.05) is 13.7 Å². The fourth-order valence-corrected chi connectivity index (χ4v) is 2.24. The summed E-state index contributed by atoms with van der Waals surface area (Å²) in [5.74, 6) is 0.970. The van der Waals surface area contributed by atoms with Crippen LogP contribution in [0, 0.1) is 11.8 Å². The lowest BCUT2D eigenvalue weighted by atomic mass is 9.98. The summed E-state index contributed by atoms with van der Waals surface area (Å²) in [6, 6.07) is 7.65. The zero-order chi connectivity index (χ0) is 14.5. The van der Waals surface area contributed by atoms with Gasteiger partial charge >= 0.3 is 5.97 Å². The molecular formula is C17H20O3. The summed E-state index contributed by atoms with van der Waals surface area (Å²) in [6.45, 7) is 2.04. The van der Waals surface area contributed by atoms with E-state index in [1.165, 1.54) is 19.6 Å². The summed E-state index contributed by atoms with van der Waals surface area (Å²) >= 11 is 0. The topological polar surface area (TPSA) is 46.5 Å². The highest BCUT2D eigenvalue weighted by Crippen LogP contribution is 2.39. The molecule has 1 aliphatic carbocycles. The number of aliphatic hydroxyl groups excluding tert-OH is 1. The molecule has 0 amide bonds. The van der Waals surface area contributed by atoms with Crippen molar-refractivity contribution in [2.24, 2.45) is 11.8 Å². The molecule has 0 aliphatic heterocycles. The lowest BCUT2D eigenvalue weighted by molar-refractivity contribution is -0.133. The largest absolute Gasteiger partial charge is 0.465 e. The van der Waals surface area contributed by atoms with E-state index >= 15 is 0 Å². The average Bonchev–Trinajstić information content (AvgIpc) is 3.18.